The van der Waals surface area contributed by atoms with Crippen molar-refractivity contribution in [3.63, 3.8) is 0 Å². The zero-order valence-corrected chi connectivity index (χ0v) is 11.6. The first-order valence-electron chi connectivity index (χ1n) is 6.88. The molecule has 0 amide bonds. The fourth-order valence-corrected chi connectivity index (χ4v) is 3.64. The van der Waals surface area contributed by atoms with E-state index in [9.17, 15) is 9.90 Å². The Kier molecular flexibility index (Phi) is 3.64. The molecule has 0 saturated heterocycles. The Morgan fingerprint density at radius 3 is 2.32 bits per heavy atom. The molecule has 1 saturated carbocycles. The Hall–Kier alpha value is -1.41. The smallest absolute Gasteiger partial charge is 0.132 e. The Bertz CT molecular complexity index is 478. The Morgan fingerprint density at radius 1 is 1.16 bits per heavy atom. The predicted octanol–water partition coefficient (Wildman–Crippen LogP) is 3.38. The molecule has 0 radical (unpaired) electrons. The summed E-state index contributed by atoms with van der Waals surface area (Å²) >= 11 is 0. The van der Waals surface area contributed by atoms with Gasteiger partial charge in [0, 0.05) is 18.3 Å². The van der Waals surface area contributed by atoms with Crippen molar-refractivity contribution in [2.45, 2.75) is 44.6 Å². The van der Waals surface area contributed by atoms with Crippen molar-refractivity contribution in [1.29, 1.82) is 0 Å². The maximum atomic E-state index is 11.4. The van der Waals surface area contributed by atoms with E-state index in [0.29, 0.717) is 18.6 Å². The second-order valence-electron chi connectivity index (χ2n) is 5.73. The minimum absolute atomic E-state index is 0.107. The van der Waals surface area contributed by atoms with Crippen LogP contribution in [0.3, 0.4) is 0 Å². The zero-order valence-electron chi connectivity index (χ0n) is 11.6. The lowest BCUT2D eigenvalue weighted by Gasteiger charge is -2.43. The van der Waals surface area contributed by atoms with Crippen LogP contribution in [-0.2, 0) is 16.8 Å². The molecule has 1 aromatic carbocycles. The molecule has 1 N–H and O–H groups in total. The van der Waals surface area contributed by atoms with Gasteiger partial charge in [-0.25, -0.2) is 0 Å². The number of aliphatic hydroxyl groups is 1. The highest BCUT2D eigenvalue weighted by atomic mass is 16.3. The van der Waals surface area contributed by atoms with E-state index in [1.807, 2.05) is 25.1 Å². The Morgan fingerprint density at radius 2 is 1.74 bits per heavy atom. The Labute approximate surface area is 115 Å². The van der Waals surface area contributed by atoms with Crippen molar-refractivity contribution < 1.29 is 9.90 Å². The molecule has 2 aliphatic rings. The molecule has 1 atom stereocenters. The van der Waals surface area contributed by atoms with E-state index >= 15 is 0 Å². The van der Waals surface area contributed by atoms with Crippen LogP contribution in [0.15, 0.2) is 37.4 Å². The maximum absolute atomic E-state index is 11.4. The van der Waals surface area contributed by atoms with Gasteiger partial charge in [-0.2, -0.15) is 0 Å². The molecule has 1 spiro atoms. The number of carbonyl (C=O) groups is 1. The summed E-state index contributed by atoms with van der Waals surface area (Å²) in [6.45, 7) is 7.93. The maximum Gasteiger partial charge on any atom is 0.132 e. The van der Waals surface area contributed by atoms with Gasteiger partial charge >= 0.3 is 0 Å². The molecule has 102 valence electrons. The van der Waals surface area contributed by atoms with Crippen molar-refractivity contribution in [3.8, 4) is 0 Å². The van der Waals surface area contributed by atoms with Crippen LogP contribution in [0.1, 0.15) is 43.7 Å². The number of rotatable bonds is 0. The third-order valence-corrected chi connectivity index (χ3v) is 4.87. The average molecular weight is 258 g/mol. The van der Waals surface area contributed by atoms with Crippen LogP contribution < -0.4 is 0 Å². The van der Waals surface area contributed by atoms with Gasteiger partial charge in [-0.15, -0.1) is 13.2 Å². The summed E-state index contributed by atoms with van der Waals surface area (Å²) in [5.74, 6) is 0.349. The SMILES string of the molecule is C=C.CC1(O)c2ccccc2CC12CCC(=O)CC2. The lowest BCUT2D eigenvalue weighted by Crippen LogP contribution is -2.43. The fraction of sp³-hybridized carbons (Fsp3) is 0.471. The van der Waals surface area contributed by atoms with E-state index in [1.54, 1.807) is 0 Å². The van der Waals surface area contributed by atoms with E-state index in [1.165, 1.54) is 5.56 Å². The van der Waals surface area contributed by atoms with Crippen LogP contribution in [-0.4, -0.2) is 10.9 Å². The molecule has 2 heteroatoms. The second-order valence-corrected chi connectivity index (χ2v) is 5.73. The fourth-order valence-electron chi connectivity index (χ4n) is 3.64. The summed E-state index contributed by atoms with van der Waals surface area (Å²) in [5.41, 5.74) is 1.44. The zero-order chi connectivity index (χ0) is 14.1. The van der Waals surface area contributed by atoms with Gasteiger partial charge < -0.3 is 5.11 Å². The molecular formula is C17H22O2. The molecule has 3 rings (SSSR count). The van der Waals surface area contributed by atoms with Crippen LogP contribution in [0.5, 0.6) is 0 Å². The number of fused-ring (bicyclic) bond motifs is 1. The number of ketones is 1. The summed E-state index contributed by atoms with van der Waals surface area (Å²) in [7, 11) is 0. The predicted molar refractivity (Wildman–Crippen MR) is 76.9 cm³/mol. The number of hydrogen-bond donors (Lipinski definition) is 1. The van der Waals surface area contributed by atoms with Crippen LogP contribution >= 0.6 is 0 Å². The summed E-state index contributed by atoms with van der Waals surface area (Å²) in [6.07, 6.45) is 3.83. The average Bonchev–Trinajstić information content (AvgIpc) is 2.65. The highest BCUT2D eigenvalue weighted by Gasteiger charge is 2.54. The largest absolute Gasteiger partial charge is 0.385 e. The molecular weight excluding hydrogens is 236 g/mol. The first-order chi connectivity index (χ1) is 9.05. The Balaban J connectivity index is 0.000000637. The van der Waals surface area contributed by atoms with E-state index in [4.69, 9.17) is 0 Å². The quantitative estimate of drug-likeness (QED) is 0.724. The molecule has 0 aromatic heterocycles. The topological polar surface area (TPSA) is 37.3 Å². The molecule has 19 heavy (non-hydrogen) atoms. The van der Waals surface area contributed by atoms with E-state index < -0.39 is 5.60 Å². The van der Waals surface area contributed by atoms with Crippen LogP contribution in [0.4, 0.5) is 0 Å². The van der Waals surface area contributed by atoms with Gasteiger partial charge in [0.2, 0.25) is 0 Å². The third-order valence-electron chi connectivity index (χ3n) is 4.87. The van der Waals surface area contributed by atoms with Crippen LogP contribution in [0.2, 0.25) is 0 Å². The van der Waals surface area contributed by atoms with Crippen LogP contribution in [0, 0.1) is 5.41 Å². The lowest BCUT2D eigenvalue weighted by molar-refractivity contribution is -0.130. The molecule has 0 aliphatic heterocycles. The van der Waals surface area contributed by atoms with Crippen LogP contribution in [0.25, 0.3) is 0 Å². The molecule has 1 aromatic rings. The minimum Gasteiger partial charge on any atom is -0.385 e. The van der Waals surface area contributed by atoms with Gasteiger partial charge in [0.15, 0.2) is 0 Å². The second kappa shape index (κ2) is 4.93. The van der Waals surface area contributed by atoms with E-state index in [0.717, 1.165) is 24.8 Å². The van der Waals surface area contributed by atoms with E-state index in [-0.39, 0.29) is 5.41 Å². The molecule has 2 aliphatic carbocycles. The van der Waals surface area contributed by atoms with Gasteiger partial charge in [0.25, 0.3) is 0 Å². The monoisotopic (exact) mass is 258 g/mol. The van der Waals surface area contributed by atoms with Crippen molar-refractivity contribution in [1.82, 2.24) is 0 Å². The molecule has 1 fully saturated rings. The van der Waals surface area contributed by atoms with Crippen molar-refractivity contribution in [2.75, 3.05) is 0 Å². The molecule has 1 unspecified atom stereocenters. The number of hydrogen-bond acceptors (Lipinski definition) is 2. The van der Waals surface area contributed by atoms with Crippen molar-refractivity contribution >= 4 is 5.78 Å². The number of Topliss-reactive ketones (excluding diaryl/α,β-unsaturated/α-hetero) is 1. The number of carbonyl (C=O) groups excluding carboxylic acids is 1. The summed E-state index contributed by atoms with van der Waals surface area (Å²) in [5, 5.41) is 10.9. The van der Waals surface area contributed by atoms with Gasteiger partial charge in [-0.05, 0) is 37.3 Å². The highest BCUT2D eigenvalue weighted by molar-refractivity contribution is 5.79. The van der Waals surface area contributed by atoms with Gasteiger partial charge in [-0.1, -0.05) is 24.3 Å². The van der Waals surface area contributed by atoms with Crippen molar-refractivity contribution in [3.05, 3.63) is 48.6 Å². The highest BCUT2D eigenvalue weighted by Crippen LogP contribution is 2.56. The molecule has 0 heterocycles. The molecule has 0 bridgehead atoms. The molecule has 2 nitrogen and oxygen atoms in total. The number of benzene rings is 1. The first kappa shape index (κ1) is 14.0. The van der Waals surface area contributed by atoms with Gasteiger partial charge in [0.1, 0.15) is 5.78 Å². The summed E-state index contributed by atoms with van der Waals surface area (Å²) < 4.78 is 0. The van der Waals surface area contributed by atoms with E-state index in [2.05, 4.69) is 19.2 Å². The first-order valence-corrected chi connectivity index (χ1v) is 6.88. The standard InChI is InChI=1S/C15H18O2.C2H4/c1-14(17)13-5-3-2-4-11(13)10-15(14)8-6-12(16)7-9-15;1-2/h2-5,17H,6-10H2,1H3;1-2H2. The summed E-state index contributed by atoms with van der Waals surface area (Å²) in [4.78, 5) is 11.4. The minimum atomic E-state index is -0.774. The third kappa shape index (κ3) is 2.04. The van der Waals surface area contributed by atoms with Crippen molar-refractivity contribution in [2.24, 2.45) is 5.41 Å². The lowest BCUT2D eigenvalue weighted by atomic mass is 9.64. The van der Waals surface area contributed by atoms with Gasteiger partial charge in [-0.3, -0.25) is 4.79 Å². The summed E-state index contributed by atoms with van der Waals surface area (Å²) in [6, 6.07) is 8.15. The van der Waals surface area contributed by atoms with Gasteiger partial charge in [0.05, 0.1) is 5.60 Å². The normalized spacial score (nSPS) is 27.6.